The van der Waals surface area contributed by atoms with Crippen LogP contribution in [0.3, 0.4) is 0 Å². The van der Waals surface area contributed by atoms with E-state index in [-0.39, 0.29) is 22.8 Å². The van der Waals surface area contributed by atoms with Crippen LogP contribution in [0.25, 0.3) is 0 Å². The summed E-state index contributed by atoms with van der Waals surface area (Å²) in [7, 11) is -4.03. The fourth-order valence-electron chi connectivity index (χ4n) is 1.57. The molecule has 0 aliphatic rings. The molecule has 0 heterocycles. The summed E-state index contributed by atoms with van der Waals surface area (Å²) in [6.07, 6.45) is -0.0963. The van der Waals surface area contributed by atoms with Crippen molar-refractivity contribution in [2.24, 2.45) is 0 Å². The highest BCUT2D eigenvalue weighted by molar-refractivity contribution is 7.89. The van der Waals surface area contributed by atoms with Crippen LogP contribution in [0.5, 0.6) is 0 Å². The predicted molar refractivity (Wildman–Crippen MR) is 72.7 cm³/mol. The Morgan fingerprint density at radius 2 is 2.05 bits per heavy atom. The van der Waals surface area contributed by atoms with Crippen molar-refractivity contribution in [1.29, 1.82) is 0 Å². The Morgan fingerprint density at radius 1 is 1.45 bits per heavy atom. The topological polar surface area (TPSA) is 83.5 Å². The molecule has 112 valence electrons. The van der Waals surface area contributed by atoms with Crippen molar-refractivity contribution in [1.82, 2.24) is 4.72 Å². The van der Waals surface area contributed by atoms with Crippen molar-refractivity contribution >= 4 is 27.6 Å². The van der Waals surface area contributed by atoms with Crippen LogP contribution in [0.15, 0.2) is 23.1 Å². The first-order valence-electron chi connectivity index (χ1n) is 5.74. The second kappa shape index (κ2) is 6.07. The third kappa shape index (κ3) is 4.73. The molecule has 0 radical (unpaired) electrons. The van der Waals surface area contributed by atoms with Gasteiger partial charge in [-0.2, -0.15) is 0 Å². The molecule has 0 amide bonds. The number of carbonyl (C=O) groups is 1. The Hall–Kier alpha value is -1.18. The van der Waals surface area contributed by atoms with Crippen LogP contribution in [-0.4, -0.2) is 25.0 Å². The van der Waals surface area contributed by atoms with E-state index < -0.39 is 27.3 Å². The molecule has 0 aliphatic carbocycles. The lowest BCUT2D eigenvalue weighted by Gasteiger charge is -2.25. The van der Waals surface area contributed by atoms with Crippen molar-refractivity contribution in [2.45, 2.75) is 37.1 Å². The fraction of sp³-hybridized carbons (Fsp3) is 0.417. The Morgan fingerprint density at radius 3 is 2.60 bits per heavy atom. The fourth-order valence-corrected chi connectivity index (χ4v) is 3.53. The third-order valence-corrected chi connectivity index (χ3v) is 4.74. The van der Waals surface area contributed by atoms with Gasteiger partial charge in [0.25, 0.3) is 0 Å². The molecule has 2 N–H and O–H groups in total. The summed E-state index contributed by atoms with van der Waals surface area (Å²) in [5, 5.41) is 8.52. The summed E-state index contributed by atoms with van der Waals surface area (Å²) < 4.78 is 39.8. The summed E-state index contributed by atoms with van der Waals surface area (Å²) in [6.45, 7) is 3.08. The van der Waals surface area contributed by atoms with Gasteiger partial charge in [-0.05, 0) is 38.5 Å². The van der Waals surface area contributed by atoms with E-state index in [1.807, 2.05) is 0 Å². The quantitative estimate of drug-likeness (QED) is 0.842. The van der Waals surface area contributed by atoms with E-state index in [0.29, 0.717) is 0 Å². The normalized spacial score (nSPS) is 12.4. The minimum Gasteiger partial charge on any atom is -0.481 e. The lowest BCUT2D eigenvalue weighted by molar-refractivity contribution is -0.137. The minimum absolute atomic E-state index is 0.0918. The van der Waals surface area contributed by atoms with Crippen molar-refractivity contribution in [3.05, 3.63) is 29.0 Å². The maximum absolute atomic E-state index is 13.1. The molecule has 0 saturated heterocycles. The highest BCUT2D eigenvalue weighted by atomic mass is 35.5. The van der Waals surface area contributed by atoms with Crippen LogP contribution in [-0.2, 0) is 14.8 Å². The minimum atomic E-state index is -4.03. The molecular formula is C12H15ClFNO4S. The van der Waals surface area contributed by atoms with Crippen molar-refractivity contribution < 1.29 is 22.7 Å². The Balaban J connectivity index is 3.00. The molecule has 0 aromatic heterocycles. The predicted octanol–water partition coefficient (Wildman–Crippen LogP) is 2.40. The number of carboxylic acids is 1. The molecule has 1 aromatic carbocycles. The number of benzene rings is 1. The number of aliphatic carboxylic acids is 1. The summed E-state index contributed by atoms with van der Waals surface area (Å²) in [6, 6.07) is 3.02. The average molecular weight is 324 g/mol. The lowest BCUT2D eigenvalue weighted by atomic mass is 10.0. The smallest absolute Gasteiger partial charge is 0.303 e. The number of nitrogens with one attached hydrogen (secondary N) is 1. The molecule has 0 unspecified atom stereocenters. The Kier molecular flexibility index (Phi) is 5.12. The van der Waals surface area contributed by atoms with Gasteiger partial charge >= 0.3 is 5.97 Å². The summed E-state index contributed by atoms with van der Waals surface area (Å²) in [5.74, 6) is -1.75. The van der Waals surface area contributed by atoms with E-state index >= 15 is 0 Å². The van der Waals surface area contributed by atoms with Crippen LogP contribution in [0.4, 0.5) is 4.39 Å². The highest BCUT2D eigenvalue weighted by Gasteiger charge is 2.28. The van der Waals surface area contributed by atoms with Gasteiger partial charge in [0.15, 0.2) is 0 Å². The molecule has 0 fully saturated rings. The maximum atomic E-state index is 13.1. The maximum Gasteiger partial charge on any atom is 0.303 e. The van der Waals surface area contributed by atoms with Crippen molar-refractivity contribution in [2.75, 3.05) is 0 Å². The number of halogens is 2. The first-order valence-corrected chi connectivity index (χ1v) is 7.60. The van der Waals surface area contributed by atoms with E-state index in [0.717, 1.165) is 18.2 Å². The SMILES string of the molecule is CC(C)(CCC(=O)O)NS(=O)(=O)c1cc(F)ccc1Cl. The van der Waals surface area contributed by atoms with Crippen molar-refractivity contribution in [3.63, 3.8) is 0 Å². The van der Waals surface area contributed by atoms with Crippen molar-refractivity contribution in [3.8, 4) is 0 Å². The molecule has 0 atom stereocenters. The molecule has 0 bridgehead atoms. The second-order valence-corrected chi connectivity index (χ2v) is 7.02. The summed E-state index contributed by atoms with van der Waals surface area (Å²) in [5.41, 5.74) is -0.993. The van der Waals surface area contributed by atoms with Gasteiger partial charge in [-0.25, -0.2) is 17.5 Å². The first-order chi connectivity index (χ1) is 9.03. The highest BCUT2D eigenvalue weighted by Crippen LogP contribution is 2.24. The Bertz CT molecular complexity index is 616. The third-order valence-electron chi connectivity index (χ3n) is 2.56. The number of hydrogen-bond acceptors (Lipinski definition) is 3. The number of carboxylic acid groups (broad SMARTS) is 1. The van der Waals surface area contributed by atoms with Crippen LogP contribution in [0, 0.1) is 5.82 Å². The number of rotatable bonds is 6. The van der Waals surface area contributed by atoms with Crippen LogP contribution in [0.1, 0.15) is 26.7 Å². The van der Waals surface area contributed by atoms with Crippen LogP contribution < -0.4 is 4.72 Å². The zero-order valence-corrected chi connectivity index (χ0v) is 12.6. The van der Waals surface area contributed by atoms with Gasteiger partial charge < -0.3 is 5.11 Å². The van der Waals surface area contributed by atoms with Gasteiger partial charge in [-0.3, -0.25) is 4.79 Å². The molecule has 20 heavy (non-hydrogen) atoms. The van der Waals surface area contributed by atoms with Crippen LogP contribution >= 0.6 is 11.6 Å². The molecule has 5 nitrogen and oxygen atoms in total. The average Bonchev–Trinajstić information content (AvgIpc) is 2.28. The standard InChI is InChI=1S/C12H15ClFNO4S/c1-12(2,6-5-11(16)17)15-20(18,19)10-7-8(14)3-4-9(10)13/h3-4,7,15H,5-6H2,1-2H3,(H,16,17). The van der Waals surface area contributed by atoms with E-state index in [4.69, 9.17) is 16.7 Å². The van der Waals surface area contributed by atoms with Crippen LogP contribution in [0.2, 0.25) is 5.02 Å². The van der Waals surface area contributed by atoms with Gasteiger partial charge in [0.05, 0.1) is 5.02 Å². The molecule has 0 saturated carbocycles. The lowest BCUT2D eigenvalue weighted by Crippen LogP contribution is -2.43. The van der Waals surface area contributed by atoms with E-state index in [1.54, 1.807) is 13.8 Å². The van der Waals surface area contributed by atoms with E-state index in [9.17, 15) is 17.6 Å². The molecule has 1 rings (SSSR count). The summed E-state index contributed by atoms with van der Waals surface area (Å²) in [4.78, 5) is 10.2. The molecule has 1 aromatic rings. The monoisotopic (exact) mass is 323 g/mol. The molecule has 0 aliphatic heterocycles. The Labute approximate surface area is 121 Å². The van der Waals surface area contributed by atoms with Gasteiger partial charge in [-0.15, -0.1) is 0 Å². The van der Waals surface area contributed by atoms with E-state index in [2.05, 4.69) is 4.72 Å². The number of sulfonamides is 1. The molecular weight excluding hydrogens is 309 g/mol. The van der Waals surface area contributed by atoms with Gasteiger partial charge in [0.1, 0.15) is 10.7 Å². The molecule has 0 spiro atoms. The first kappa shape index (κ1) is 16.9. The van der Waals surface area contributed by atoms with E-state index in [1.165, 1.54) is 0 Å². The largest absolute Gasteiger partial charge is 0.481 e. The van der Waals surface area contributed by atoms with Gasteiger partial charge in [-0.1, -0.05) is 11.6 Å². The van der Waals surface area contributed by atoms with Gasteiger partial charge in [0.2, 0.25) is 10.0 Å². The second-order valence-electron chi connectivity index (χ2n) is 4.96. The molecule has 8 heteroatoms. The zero-order valence-electron chi connectivity index (χ0n) is 11.0. The number of hydrogen-bond donors (Lipinski definition) is 2. The van der Waals surface area contributed by atoms with Gasteiger partial charge in [0, 0.05) is 12.0 Å². The zero-order chi connectivity index (χ0) is 15.6. The summed E-state index contributed by atoms with van der Waals surface area (Å²) >= 11 is 5.76.